The quantitative estimate of drug-likeness (QED) is 0.789. The maximum Gasteiger partial charge on any atom is 0.220 e. The van der Waals surface area contributed by atoms with Gasteiger partial charge in [0, 0.05) is 16.5 Å². The molecule has 1 unspecified atom stereocenters. The minimum atomic E-state index is -0.125. The number of halogens is 2. The van der Waals surface area contributed by atoms with Gasteiger partial charge in [0.15, 0.2) is 0 Å². The molecule has 3 nitrogen and oxygen atoms in total. The minimum Gasteiger partial charge on any atom is -0.350 e. The highest BCUT2D eigenvalue weighted by Crippen LogP contribution is 2.26. The Morgan fingerprint density at radius 3 is 2.72 bits per heavy atom. The number of hydrogen-bond acceptors (Lipinski definition) is 2. The summed E-state index contributed by atoms with van der Waals surface area (Å²) < 4.78 is 0. The van der Waals surface area contributed by atoms with Crippen molar-refractivity contribution in [3.63, 3.8) is 0 Å². The molecule has 0 aliphatic carbocycles. The first kappa shape index (κ1) is 15.3. The summed E-state index contributed by atoms with van der Waals surface area (Å²) in [6.07, 6.45) is 2.17. The predicted octanol–water partition coefficient (Wildman–Crippen LogP) is 3.30. The lowest BCUT2D eigenvalue weighted by Gasteiger charge is -2.16. The number of carbonyl (C=O) groups excluding carboxylic acids is 1. The minimum absolute atomic E-state index is 0.0157. The first-order chi connectivity index (χ1) is 8.54. The van der Waals surface area contributed by atoms with Crippen LogP contribution >= 0.6 is 23.2 Å². The van der Waals surface area contributed by atoms with E-state index in [4.69, 9.17) is 28.9 Å². The van der Waals surface area contributed by atoms with E-state index in [1.54, 1.807) is 12.1 Å². The third-order valence-corrected chi connectivity index (χ3v) is 3.23. The molecule has 0 saturated carbocycles. The Morgan fingerprint density at radius 1 is 1.39 bits per heavy atom. The van der Waals surface area contributed by atoms with Crippen LogP contribution in [0.5, 0.6) is 0 Å². The molecule has 5 heteroatoms. The smallest absolute Gasteiger partial charge is 0.220 e. The van der Waals surface area contributed by atoms with E-state index in [9.17, 15) is 4.79 Å². The highest BCUT2D eigenvalue weighted by molar-refractivity contribution is 6.35. The molecule has 0 radical (unpaired) electrons. The van der Waals surface area contributed by atoms with E-state index in [2.05, 4.69) is 5.32 Å². The van der Waals surface area contributed by atoms with E-state index >= 15 is 0 Å². The van der Waals surface area contributed by atoms with Gasteiger partial charge in [-0.1, -0.05) is 29.3 Å². The molecule has 0 saturated heterocycles. The summed E-state index contributed by atoms with van der Waals surface area (Å²) >= 11 is 11.9. The lowest BCUT2D eigenvalue weighted by molar-refractivity contribution is -0.121. The van der Waals surface area contributed by atoms with Gasteiger partial charge >= 0.3 is 0 Å². The zero-order valence-electron chi connectivity index (χ0n) is 10.4. The SMILES string of the molecule is CC(NC(=O)CCCCN)c1ccc(Cl)cc1Cl. The van der Waals surface area contributed by atoms with Crippen LogP contribution in [0.25, 0.3) is 0 Å². The molecule has 0 aliphatic rings. The van der Waals surface area contributed by atoms with Gasteiger partial charge in [0.2, 0.25) is 5.91 Å². The van der Waals surface area contributed by atoms with Crippen molar-refractivity contribution < 1.29 is 4.79 Å². The Balaban J connectivity index is 2.54. The summed E-state index contributed by atoms with van der Waals surface area (Å²) in [5.74, 6) is 0.0157. The second-order valence-electron chi connectivity index (χ2n) is 4.20. The summed E-state index contributed by atoms with van der Waals surface area (Å²) in [5.41, 5.74) is 6.25. The summed E-state index contributed by atoms with van der Waals surface area (Å²) in [6.45, 7) is 2.52. The van der Waals surface area contributed by atoms with Gasteiger partial charge in [-0.3, -0.25) is 4.79 Å². The second kappa shape index (κ2) is 7.62. The summed E-state index contributed by atoms with van der Waals surface area (Å²) in [4.78, 5) is 11.7. The lowest BCUT2D eigenvalue weighted by Crippen LogP contribution is -2.26. The average Bonchev–Trinajstić information content (AvgIpc) is 2.28. The number of nitrogens with two attached hydrogens (primary N) is 1. The molecule has 1 rings (SSSR count). The molecule has 0 heterocycles. The largest absolute Gasteiger partial charge is 0.350 e. The number of rotatable bonds is 6. The fourth-order valence-corrected chi connectivity index (χ4v) is 2.25. The van der Waals surface area contributed by atoms with Crippen LogP contribution < -0.4 is 11.1 Å². The number of hydrogen-bond donors (Lipinski definition) is 2. The predicted molar refractivity (Wildman–Crippen MR) is 75.9 cm³/mol. The molecular weight excluding hydrogens is 271 g/mol. The topological polar surface area (TPSA) is 55.1 Å². The van der Waals surface area contributed by atoms with Crippen molar-refractivity contribution in [2.45, 2.75) is 32.2 Å². The monoisotopic (exact) mass is 288 g/mol. The van der Waals surface area contributed by atoms with Crippen molar-refractivity contribution in [1.82, 2.24) is 5.32 Å². The van der Waals surface area contributed by atoms with E-state index < -0.39 is 0 Å². The molecule has 1 aromatic carbocycles. The Labute approximate surface area is 118 Å². The standard InChI is InChI=1S/C13H18Cl2N2O/c1-9(17-13(18)4-2-3-7-16)11-6-5-10(14)8-12(11)15/h5-6,8-9H,2-4,7,16H2,1H3,(H,17,18). The Kier molecular flexibility index (Phi) is 6.47. The van der Waals surface area contributed by atoms with Crippen LogP contribution in [0.3, 0.4) is 0 Å². The van der Waals surface area contributed by atoms with Crippen molar-refractivity contribution >= 4 is 29.1 Å². The van der Waals surface area contributed by atoms with Crippen LogP contribution in [-0.2, 0) is 4.79 Å². The molecule has 0 fully saturated rings. The van der Waals surface area contributed by atoms with Crippen molar-refractivity contribution in [3.05, 3.63) is 33.8 Å². The first-order valence-electron chi connectivity index (χ1n) is 5.99. The normalized spacial score (nSPS) is 12.2. The van der Waals surface area contributed by atoms with Crippen LogP contribution in [0.2, 0.25) is 10.0 Å². The highest BCUT2D eigenvalue weighted by Gasteiger charge is 2.12. The van der Waals surface area contributed by atoms with Gasteiger partial charge in [-0.05, 0) is 44.0 Å². The van der Waals surface area contributed by atoms with E-state index in [1.807, 2.05) is 13.0 Å². The van der Waals surface area contributed by atoms with Crippen molar-refractivity contribution in [2.24, 2.45) is 5.73 Å². The Bertz CT molecular complexity index is 410. The molecule has 3 N–H and O–H groups in total. The Morgan fingerprint density at radius 2 is 2.11 bits per heavy atom. The van der Waals surface area contributed by atoms with Gasteiger partial charge in [-0.15, -0.1) is 0 Å². The van der Waals surface area contributed by atoms with Crippen molar-refractivity contribution in [2.75, 3.05) is 6.54 Å². The zero-order chi connectivity index (χ0) is 13.5. The van der Waals surface area contributed by atoms with Gasteiger partial charge in [-0.25, -0.2) is 0 Å². The maximum absolute atomic E-state index is 11.7. The van der Waals surface area contributed by atoms with Crippen molar-refractivity contribution in [1.29, 1.82) is 0 Å². The van der Waals surface area contributed by atoms with Gasteiger partial charge < -0.3 is 11.1 Å². The van der Waals surface area contributed by atoms with Crippen LogP contribution in [0.4, 0.5) is 0 Å². The zero-order valence-corrected chi connectivity index (χ0v) is 11.9. The van der Waals surface area contributed by atoms with Gasteiger partial charge in [-0.2, -0.15) is 0 Å². The van der Waals surface area contributed by atoms with E-state index in [0.717, 1.165) is 18.4 Å². The van der Waals surface area contributed by atoms with Crippen LogP contribution in [0.1, 0.15) is 37.8 Å². The molecule has 18 heavy (non-hydrogen) atoms. The van der Waals surface area contributed by atoms with Crippen LogP contribution in [0.15, 0.2) is 18.2 Å². The first-order valence-corrected chi connectivity index (χ1v) is 6.74. The molecule has 1 aromatic rings. The summed E-state index contributed by atoms with van der Waals surface area (Å²) in [6, 6.07) is 5.14. The third kappa shape index (κ3) is 4.84. The van der Waals surface area contributed by atoms with Gasteiger partial charge in [0.1, 0.15) is 0 Å². The molecular formula is C13H18Cl2N2O. The van der Waals surface area contributed by atoms with Crippen LogP contribution in [-0.4, -0.2) is 12.5 Å². The fraction of sp³-hybridized carbons (Fsp3) is 0.462. The average molecular weight is 289 g/mol. The molecule has 0 spiro atoms. The van der Waals surface area contributed by atoms with E-state index in [-0.39, 0.29) is 11.9 Å². The molecule has 0 bridgehead atoms. The second-order valence-corrected chi connectivity index (χ2v) is 5.04. The van der Waals surface area contributed by atoms with E-state index in [0.29, 0.717) is 23.0 Å². The highest BCUT2D eigenvalue weighted by atomic mass is 35.5. The number of benzene rings is 1. The number of nitrogens with one attached hydrogen (secondary N) is 1. The molecule has 0 aliphatic heterocycles. The lowest BCUT2D eigenvalue weighted by atomic mass is 10.1. The number of unbranched alkanes of at least 4 members (excludes halogenated alkanes) is 1. The summed E-state index contributed by atoms with van der Waals surface area (Å²) in [5, 5.41) is 4.06. The molecule has 0 aromatic heterocycles. The molecule has 100 valence electrons. The Hall–Kier alpha value is -0.770. The molecule has 1 amide bonds. The number of carbonyl (C=O) groups is 1. The maximum atomic E-state index is 11.7. The summed E-state index contributed by atoms with van der Waals surface area (Å²) in [7, 11) is 0. The van der Waals surface area contributed by atoms with Crippen molar-refractivity contribution in [3.8, 4) is 0 Å². The fourth-order valence-electron chi connectivity index (χ4n) is 1.67. The molecule has 1 atom stereocenters. The third-order valence-electron chi connectivity index (χ3n) is 2.66. The van der Waals surface area contributed by atoms with Gasteiger partial charge in [0.05, 0.1) is 6.04 Å². The van der Waals surface area contributed by atoms with Gasteiger partial charge in [0.25, 0.3) is 0 Å². The number of amides is 1. The van der Waals surface area contributed by atoms with E-state index in [1.165, 1.54) is 0 Å². The van der Waals surface area contributed by atoms with Crippen LogP contribution in [0, 0.1) is 0 Å².